The number of nitrogens with zero attached hydrogens (tertiary/aromatic N) is 3. The average Bonchev–Trinajstić information content (AvgIpc) is 2.70. The third kappa shape index (κ3) is 4.32. The van der Waals surface area contributed by atoms with Crippen molar-refractivity contribution in [2.75, 3.05) is 7.11 Å². The van der Waals surface area contributed by atoms with Crippen molar-refractivity contribution in [2.45, 2.75) is 20.3 Å². The number of para-hydroxylation sites is 1. The summed E-state index contributed by atoms with van der Waals surface area (Å²) >= 11 is 0. The van der Waals surface area contributed by atoms with Crippen LogP contribution in [0.3, 0.4) is 0 Å². The number of hydrogen-bond donors (Lipinski definition) is 2. The van der Waals surface area contributed by atoms with E-state index in [1.54, 1.807) is 6.07 Å². The number of aromatic amines is 1. The summed E-state index contributed by atoms with van der Waals surface area (Å²) in [4.78, 5) is 41.9. The lowest BCUT2D eigenvalue weighted by molar-refractivity contribution is -0.385. The third-order valence-electron chi connectivity index (χ3n) is 4.52. The number of carbonyl (C=O) groups excluding carboxylic acids is 1. The fraction of sp³-hybridized carbons (Fsp3) is 0.200. The number of nitro groups is 1. The first-order chi connectivity index (χ1) is 14.3. The summed E-state index contributed by atoms with van der Waals surface area (Å²) in [6.45, 7) is 3.87. The van der Waals surface area contributed by atoms with Crippen molar-refractivity contribution in [1.29, 1.82) is 0 Å². The van der Waals surface area contributed by atoms with Crippen LogP contribution in [0.2, 0.25) is 0 Å². The Bertz CT molecular complexity index is 1230. The van der Waals surface area contributed by atoms with E-state index in [0.717, 1.165) is 11.1 Å². The number of ether oxygens (including phenoxy) is 1. The van der Waals surface area contributed by atoms with Gasteiger partial charge in [0.25, 0.3) is 5.56 Å². The molecule has 0 aliphatic carbocycles. The van der Waals surface area contributed by atoms with Crippen LogP contribution in [0.5, 0.6) is 5.75 Å². The molecule has 2 N–H and O–H groups in total. The zero-order valence-corrected chi connectivity index (χ0v) is 16.6. The van der Waals surface area contributed by atoms with Gasteiger partial charge < -0.3 is 9.72 Å². The second kappa shape index (κ2) is 8.52. The van der Waals surface area contributed by atoms with E-state index in [9.17, 15) is 19.7 Å². The van der Waals surface area contributed by atoms with Gasteiger partial charge in [0, 0.05) is 11.6 Å². The highest BCUT2D eigenvalue weighted by Gasteiger charge is 2.17. The molecular weight excluding hydrogens is 390 g/mol. The van der Waals surface area contributed by atoms with Crippen molar-refractivity contribution in [2.24, 2.45) is 5.10 Å². The average molecular weight is 409 g/mol. The summed E-state index contributed by atoms with van der Waals surface area (Å²) in [5, 5.41) is 14.9. The lowest BCUT2D eigenvalue weighted by atomic mass is 10.1. The van der Waals surface area contributed by atoms with Crippen LogP contribution in [0, 0.1) is 24.0 Å². The zero-order valence-electron chi connectivity index (χ0n) is 16.6. The number of amides is 1. The predicted molar refractivity (Wildman–Crippen MR) is 111 cm³/mol. The molecule has 1 amide bonds. The Kier molecular flexibility index (Phi) is 5.86. The predicted octanol–water partition coefficient (Wildman–Crippen LogP) is 2.15. The molecule has 0 aliphatic heterocycles. The Morgan fingerprint density at radius 2 is 2.07 bits per heavy atom. The summed E-state index contributed by atoms with van der Waals surface area (Å²) < 4.78 is 5.06. The van der Waals surface area contributed by atoms with Gasteiger partial charge >= 0.3 is 5.69 Å². The summed E-state index contributed by atoms with van der Waals surface area (Å²) in [7, 11) is 1.30. The summed E-state index contributed by atoms with van der Waals surface area (Å²) in [6, 6.07) is 8.01. The standard InChI is InChI=1S/C20H19N5O5/c1-11-7-14-15(8-12(11)2)23-20(27)16(22-14)9-18(26)24-21-10-13-5-4-6-17(25(28)29)19(13)30-3/h4-8,10H,9H2,1-3H3,(H,23,27)(H,24,26)/b21-10+. The maximum Gasteiger partial charge on any atom is 0.311 e. The van der Waals surface area contributed by atoms with Crippen molar-refractivity contribution in [3.8, 4) is 5.75 Å². The van der Waals surface area contributed by atoms with Gasteiger partial charge in [-0.1, -0.05) is 6.07 Å². The molecule has 0 atom stereocenters. The molecule has 2 aromatic carbocycles. The normalized spacial score (nSPS) is 11.0. The van der Waals surface area contributed by atoms with E-state index in [1.165, 1.54) is 25.5 Å². The lowest BCUT2D eigenvalue weighted by Gasteiger charge is -2.06. The van der Waals surface area contributed by atoms with Gasteiger partial charge in [0.15, 0.2) is 0 Å². The number of aryl methyl sites for hydroxylation is 2. The molecule has 0 saturated carbocycles. The van der Waals surface area contributed by atoms with Crippen LogP contribution < -0.4 is 15.7 Å². The molecule has 30 heavy (non-hydrogen) atoms. The Morgan fingerprint density at radius 3 is 2.77 bits per heavy atom. The first kappa shape index (κ1) is 20.6. The van der Waals surface area contributed by atoms with Gasteiger partial charge in [0.05, 0.1) is 35.7 Å². The van der Waals surface area contributed by atoms with Crippen LogP contribution in [0.25, 0.3) is 11.0 Å². The van der Waals surface area contributed by atoms with Crippen LogP contribution in [-0.2, 0) is 11.2 Å². The Morgan fingerprint density at radius 1 is 1.33 bits per heavy atom. The molecule has 3 rings (SSSR count). The monoisotopic (exact) mass is 409 g/mol. The van der Waals surface area contributed by atoms with Crippen LogP contribution in [0.4, 0.5) is 5.69 Å². The first-order valence-corrected chi connectivity index (χ1v) is 8.93. The number of hydrazone groups is 1. The molecule has 1 heterocycles. The highest BCUT2D eigenvalue weighted by atomic mass is 16.6. The highest BCUT2D eigenvalue weighted by Crippen LogP contribution is 2.29. The van der Waals surface area contributed by atoms with Gasteiger partial charge in [-0.15, -0.1) is 0 Å². The second-order valence-corrected chi connectivity index (χ2v) is 6.59. The maximum atomic E-state index is 12.2. The summed E-state index contributed by atoms with van der Waals surface area (Å²) in [5.41, 5.74) is 5.23. The first-order valence-electron chi connectivity index (χ1n) is 8.93. The van der Waals surface area contributed by atoms with E-state index in [0.29, 0.717) is 16.6 Å². The van der Waals surface area contributed by atoms with Gasteiger partial charge in [0.2, 0.25) is 11.7 Å². The number of nitrogens with one attached hydrogen (secondary N) is 2. The molecule has 0 fully saturated rings. The van der Waals surface area contributed by atoms with E-state index in [2.05, 4.69) is 20.5 Å². The van der Waals surface area contributed by atoms with E-state index in [4.69, 9.17) is 4.74 Å². The number of H-pyrrole nitrogens is 1. The number of aromatic nitrogens is 2. The largest absolute Gasteiger partial charge is 0.490 e. The van der Waals surface area contributed by atoms with Crippen molar-refractivity contribution < 1.29 is 14.5 Å². The zero-order chi connectivity index (χ0) is 21.8. The van der Waals surface area contributed by atoms with Crippen molar-refractivity contribution in [3.63, 3.8) is 0 Å². The van der Waals surface area contributed by atoms with Gasteiger partial charge in [-0.25, -0.2) is 10.4 Å². The molecule has 1 aromatic heterocycles. The number of fused-ring (bicyclic) bond motifs is 1. The maximum absolute atomic E-state index is 12.2. The molecule has 0 spiro atoms. The molecule has 154 valence electrons. The van der Waals surface area contributed by atoms with Crippen LogP contribution in [0.15, 0.2) is 40.2 Å². The molecule has 0 aliphatic rings. The Hall–Kier alpha value is -4.08. The molecular formula is C20H19N5O5. The topological polar surface area (TPSA) is 140 Å². The molecule has 0 bridgehead atoms. The van der Waals surface area contributed by atoms with Gasteiger partial charge in [0.1, 0.15) is 5.69 Å². The van der Waals surface area contributed by atoms with Crippen molar-refractivity contribution in [1.82, 2.24) is 15.4 Å². The molecule has 0 radical (unpaired) electrons. The minimum atomic E-state index is -0.574. The molecule has 0 saturated heterocycles. The van der Waals surface area contributed by atoms with E-state index >= 15 is 0 Å². The van der Waals surface area contributed by atoms with Gasteiger partial charge in [-0.05, 0) is 43.2 Å². The summed E-state index contributed by atoms with van der Waals surface area (Å²) in [6.07, 6.45) is 0.954. The second-order valence-electron chi connectivity index (χ2n) is 6.59. The number of rotatable bonds is 6. The van der Waals surface area contributed by atoms with Crippen molar-refractivity contribution >= 4 is 28.8 Å². The Labute approximate surface area is 170 Å². The molecule has 10 nitrogen and oxygen atoms in total. The highest BCUT2D eigenvalue weighted by molar-refractivity contribution is 5.87. The van der Waals surface area contributed by atoms with E-state index in [-0.39, 0.29) is 23.6 Å². The number of benzene rings is 2. The number of hydrogen-bond acceptors (Lipinski definition) is 7. The van der Waals surface area contributed by atoms with Gasteiger partial charge in [-0.3, -0.25) is 19.7 Å². The van der Waals surface area contributed by atoms with Crippen LogP contribution in [-0.4, -0.2) is 34.1 Å². The van der Waals surface area contributed by atoms with Crippen LogP contribution in [0.1, 0.15) is 22.4 Å². The van der Waals surface area contributed by atoms with E-state index < -0.39 is 16.4 Å². The van der Waals surface area contributed by atoms with Crippen LogP contribution >= 0.6 is 0 Å². The fourth-order valence-electron chi connectivity index (χ4n) is 2.88. The minimum Gasteiger partial charge on any atom is -0.490 e. The molecule has 0 unspecified atom stereocenters. The van der Waals surface area contributed by atoms with Gasteiger partial charge in [-0.2, -0.15) is 5.10 Å². The summed E-state index contributed by atoms with van der Waals surface area (Å²) in [5.74, 6) is -0.532. The van der Waals surface area contributed by atoms with Crippen molar-refractivity contribution in [3.05, 3.63) is 73.2 Å². The number of nitro benzene ring substituents is 1. The lowest BCUT2D eigenvalue weighted by Crippen LogP contribution is -2.25. The molecule has 3 aromatic rings. The minimum absolute atomic E-state index is 0.0267. The number of carbonyl (C=O) groups is 1. The fourth-order valence-corrected chi connectivity index (χ4v) is 2.88. The molecule has 10 heteroatoms. The Balaban J connectivity index is 1.76. The quantitative estimate of drug-likeness (QED) is 0.363. The smallest absolute Gasteiger partial charge is 0.311 e. The van der Waals surface area contributed by atoms with E-state index in [1.807, 2.05) is 26.0 Å². The third-order valence-corrected chi connectivity index (χ3v) is 4.52. The SMILES string of the molecule is COc1c(/C=N/NC(=O)Cc2nc3cc(C)c(C)cc3[nH]c2=O)cccc1[N+](=O)[O-]. The number of methoxy groups -OCH3 is 1.